The molecule has 4 heteroatoms. The number of hydrogen-bond donors (Lipinski definition) is 0. The van der Waals surface area contributed by atoms with E-state index in [1.54, 1.807) is 0 Å². The van der Waals surface area contributed by atoms with Crippen LogP contribution in [0.15, 0.2) is 18.2 Å². The van der Waals surface area contributed by atoms with E-state index in [0.717, 1.165) is 34.9 Å². The minimum Gasteiger partial charge on any atom is -0.486 e. The Labute approximate surface area is 123 Å². The standard InChI is InChI=1S/C16H18N2OS/c1-4-5-13-15(9-17)20-16(18-13)10-19-14-7-6-11(2)8-12(14)3/h6-8H,4-5,10H2,1-3H3. The van der Waals surface area contributed by atoms with Crippen molar-refractivity contribution in [2.45, 2.75) is 40.2 Å². The van der Waals surface area contributed by atoms with E-state index in [9.17, 15) is 0 Å². The molecule has 0 bridgehead atoms. The van der Waals surface area contributed by atoms with Crippen molar-refractivity contribution < 1.29 is 4.74 Å². The van der Waals surface area contributed by atoms with Gasteiger partial charge in [0.2, 0.25) is 0 Å². The van der Waals surface area contributed by atoms with Gasteiger partial charge in [-0.1, -0.05) is 31.0 Å². The molecule has 2 rings (SSSR count). The van der Waals surface area contributed by atoms with Crippen LogP contribution in [0.2, 0.25) is 0 Å². The lowest BCUT2D eigenvalue weighted by molar-refractivity contribution is 0.303. The summed E-state index contributed by atoms with van der Waals surface area (Å²) in [5.41, 5.74) is 3.25. The molecule has 0 saturated carbocycles. The van der Waals surface area contributed by atoms with E-state index in [4.69, 9.17) is 10.00 Å². The Bertz CT molecular complexity index is 640. The predicted octanol–water partition coefficient (Wildman–Crippen LogP) is 4.16. The summed E-state index contributed by atoms with van der Waals surface area (Å²) in [5, 5.41) is 9.96. The lowest BCUT2D eigenvalue weighted by Crippen LogP contribution is -1.97. The summed E-state index contributed by atoms with van der Waals surface area (Å²) in [6.07, 6.45) is 1.85. The first-order valence-electron chi connectivity index (χ1n) is 6.72. The topological polar surface area (TPSA) is 45.9 Å². The summed E-state index contributed by atoms with van der Waals surface area (Å²) in [7, 11) is 0. The summed E-state index contributed by atoms with van der Waals surface area (Å²) in [5.74, 6) is 0.876. The largest absolute Gasteiger partial charge is 0.486 e. The summed E-state index contributed by atoms with van der Waals surface area (Å²) in [6.45, 7) is 6.61. The molecule has 0 amide bonds. The van der Waals surface area contributed by atoms with Gasteiger partial charge in [-0.15, -0.1) is 11.3 Å². The van der Waals surface area contributed by atoms with Crippen LogP contribution in [0.3, 0.4) is 0 Å². The van der Waals surface area contributed by atoms with E-state index in [0.29, 0.717) is 11.5 Å². The molecule has 0 aliphatic carbocycles. The van der Waals surface area contributed by atoms with Gasteiger partial charge in [0, 0.05) is 0 Å². The molecule has 0 aliphatic rings. The highest BCUT2D eigenvalue weighted by molar-refractivity contribution is 7.12. The normalized spacial score (nSPS) is 10.3. The lowest BCUT2D eigenvalue weighted by Gasteiger charge is -2.07. The van der Waals surface area contributed by atoms with Crippen molar-refractivity contribution in [1.82, 2.24) is 4.98 Å². The number of nitrogens with zero attached hydrogens (tertiary/aromatic N) is 2. The Morgan fingerprint density at radius 2 is 2.15 bits per heavy atom. The Morgan fingerprint density at radius 3 is 2.80 bits per heavy atom. The number of aromatic nitrogens is 1. The fourth-order valence-corrected chi connectivity index (χ4v) is 2.88. The van der Waals surface area contributed by atoms with Gasteiger partial charge in [0.05, 0.1) is 5.69 Å². The SMILES string of the molecule is CCCc1nc(COc2ccc(C)cc2C)sc1C#N. The minimum atomic E-state index is 0.424. The fraction of sp³-hybridized carbons (Fsp3) is 0.375. The van der Waals surface area contributed by atoms with Crippen LogP contribution in [0.5, 0.6) is 5.75 Å². The maximum atomic E-state index is 9.10. The molecule has 1 aromatic heterocycles. The van der Waals surface area contributed by atoms with E-state index in [-0.39, 0.29) is 0 Å². The van der Waals surface area contributed by atoms with Gasteiger partial charge in [0.1, 0.15) is 28.3 Å². The molecule has 0 aliphatic heterocycles. The summed E-state index contributed by atoms with van der Waals surface area (Å²) >= 11 is 1.43. The second kappa shape index (κ2) is 6.53. The molecule has 0 spiro atoms. The second-order valence-electron chi connectivity index (χ2n) is 4.80. The molecular weight excluding hydrogens is 268 g/mol. The van der Waals surface area contributed by atoms with Crippen LogP contribution in [0.25, 0.3) is 0 Å². The second-order valence-corrected chi connectivity index (χ2v) is 5.89. The zero-order valence-electron chi connectivity index (χ0n) is 12.1. The van der Waals surface area contributed by atoms with Gasteiger partial charge in [0.15, 0.2) is 0 Å². The van der Waals surface area contributed by atoms with Gasteiger partial charge in [-0.2, -0.15) is 5.26 Å². The summed E-state index contributed by atoms with van der Waals surface area (Å²) in [6, 6.07) is 8.33. The number of ether oxygens (including phenoxy) is 1. The van der Waals surface area contributed by atoms with Crippen molar-refractivity contribution in [3.8, 4) is 11.8 Å². The quantitative estimate of drug-likeness (QED) is 0.829. The Kier molecular flexibility index (Phi) is 4.75. The van der Waals surface area contributed by atoms with Crippen LogP contribution in [-0.2, 0) is 13.0 Å². The van der Waals surface area contributed by atoms with Crippen LogP contribution in [-0.4, -0.2) is 4.98 Å². The first kappa shape index (κ1) is 14.5. The summed E-state index contributed by atoms with van der Waals surface area (Å²) in [4.78, 5) is 5.22. The van der Waals surface area contributed by atoms with Crippen LogP contribution < -0.4 is 4.74 Å². The Morgan fingerprint density at radius 1 is 1.35 bits per heavy atom. The molecule has 20 heavy (non-hydrogen) atoms. The van der Waals surface area contributed by atoms with Crippen molar-refractivity contribution in [3.05, 3.63) is 44.9 Å². The molecule has 104 valence electrons. The van der Waals surface area contributed by atoms with Crippen LogP contribution in [0.4, 0.5) is 0 Å². The van der Waals surface area contributed by atoms with Gasteiger partial charge in [-0.05, 0) is 31.9 Å². The van der Waals surface area contributed by atoms with Crippen LogP contribution in [0.1, 0.15) is 40.1 Å². The van der Waals surface area contributed by atoms with Gasteiger partial charge < -0.3 is 4.74 Å². The third-order valence-electron chi connectivity index (χ3n) is 3.01. The van der Waals surface area contributed by atoms with Gasteiger partial charge in [-0.3, -0.25) is 0 Å². The zero-order chi connectivity index (χ0) is 14.5. The van der Waals surface area contributed by atoms with Gasteiger partial charge >= 0.3 is 0 Å². The van der Waals surface area contributed by atoms with Crippen molar-refractivity contribution in [2.24, 2.45) is 0 Å². The highest BCUT2D eigenvalue weighted by atomic mass is 32.1. The number of thiazole rings is 1. The highest BCUT2D eigenvalue weighted by Gasteiger charge is 2.11. The molecule has 0 fully saturated rings. The maximum absolute atomic E-state index is 9.10. The van der Waals surface area contributed by atoms with E-state index in [1.807, 2.05) is 19.1 Å². The molecule has 1 heterocycles. The predicted molar refractivity (Wildman–Crippen MR) is 81.1 cm³/mol. The molecule has 1 aromatic carbocycles. The number of rotatable bonds is 5. The molecular formula is C16H18N2OS. The molecule has 0 N–H and O–H groups in total. The third kappa shape index (κ3) is 3.37. The van der Waals surface area contributed by atoms with Gasteiger partial charge in [-0.25, -0.2) is 4.98 Å². The number of benzene rings is 1. The number of nitriles is 1. The van der Waals surface area contributed by atoms with Gasteiger partial charge in [0.25, 0.3) is 0 Å². The van der Waals surface area contributed by atoms with E-state index >= 15 is 0 Å². The third-order valence-corrected chi connectivity index (χ3v) is 3.99. The highest BCUT2D eigenvalue weighted by Crippen LogP contribution is 2.23. The van der Waals surface area contributed by atoms with E-state index < -0.39 is 0 Å². The Hall–Kier alpha value is -1.86. The summed E-state index contributed by atoms with van der Waals surface area (Å²) < 4.78 is 5.81. The van der Waals surface area contributed by atoms with E-state index in [2.05, 4.69) is 31.0 Å². The average Bonchev–Trinajstić information content (AvgIpc) is 2.80. The molecule has 2 aromatic rings. The van der Waals surface area contributed by atoms with Crippen molar-refractivity contribution in [2.75, 3.05) is 0 Å². The molecule has 0 radical (unpaired) electrons. The minimum absolute atomic E-state index is 0.424. The van der Waals surface area contributed by atoms with Crippen molar-refractivity contribution >= 4 is 11.3 Å². The molecule has 3 nitrogen and oxygen atoms in total. The first-order valence-corrected chi connectivity index (χ1v) is 7.54. The van der Waals surface area contributed by atoms with Crippen molar-refractivity contribution in [1.29, 1.82) is 5.26 Å². The molecule has 0 saturated heterocycles. The van der Waals surface area contributed by atoms with E-state index in [1.165, 1.54) is 16.9 Å². The maximum Gasteiger partial charge on any atom is 0.140 e. The molecule has 0 atom stereocenters. The Balaban J connectivity index is 2.09. The zero-order valence-corrected chi connectivity index (χ0v) is 12.9. The fourth-order valence-electron chi connectivity index (χ4n) is 2.06. The number of hydrogen-bond acceptors (Lipinski definition) is 4. The average molecular weight is 286 g/mol. The van der Waals surface area contributed by atoms with Crippen LogP contribution >= 0.6 is 11.3 Å². The van der Waals surface area contributed by atoms with Crippen LogP contribution in [0, 0.1) is 25.2 Å². The smallest absolute Gasteiger partial charge is 0.140 e. The lowest BCUT2D eigenvalue weighted by atomic mass is 10.1. The first-order chi connectivity index (χ1) is 9.63. The number of aryl methyl sites for hydroxylation is 3. The van der Waals surface area contributed by atoms with Crippen molar-refractivity contribution in [3.63, 3.8) is 0 Å². The monoisotopic (exact) mass is 286 g/mol. The molecule has 0 unspecified atom stereocenters.